The highest BCUT2D eigenvalue weighted by atomic mass is 35.5. The van der Waals surface area contributed by atoms with Gasteiger partial charge in [-0.05, 0) is 55.7 Å². The Hall–Kier alpha value is -2.29. The monoisotopic (exact) mass is 513 g/mol. The second kappa shape index (κ2) is 11.7. The summed E-state index contributed by atoms with van der Waals surface area (Å²) in [6.07, 6.45) is 1.77. The zero-order valence-corrected chi connectivity index (χ0v) is 21.5. The summed E-state index contributed by atoms with van der Waals surface area (Å²) in [5, 5.41) is 3.67. The van der Waals surface area contributed by atoms with E-state index < -0.39 is 28.5 Å². The first-order valence-corrected chi connectivity index (χ1v) is 13.1. The van der Waals surface area contributed by atoms with Crippen molar-refractivity contribution in [3.63, 3.8) is 0 Å². The van der Waals surface area contributed by atoms with Crippen LogP contribution in [-0.2, 0) is 26.2 Å². The number of hydrogen-bond donors (Lipinski definition) is 1. The molecule has 0 heterocycles. The lowest BCUT2D eigenvalue weighted by Crippen LogP contribution is -2.51. The van der Waals surface area contributed by atoms with Crippen molar-refractivity contribution < 1.29 is 18.0 Å². The molecular weight excluding hydrogens is 485 g/mol. The SMILES string of the molecule is CCCNC(=O)C(C)N(Cc1cccc(Cl)c1)C(=O)CN(c1cccc(Cl)c1C)S(C)(=O)=O. The molecule has 0 radical (unpaired) electrons. The van der Waals surface area contributed by atoms with Gasteiger partial charge in [-0.25, -0.2) is 8.42 Å². The molecule has 2 aromatic rings. The van der Waals surface area contributed by atoms with Gasteiger partial charge in [0.2, 0.25) is 21.8 Å². The summed E-state index contributed by atoms with van der Waals surface area (Å²) in [4.78, 5) is 27.5. The third-order valence-corrected chi connectivity index (χ3v) is 6.92. The van der Waals surface area contributed by atoms with Gasteiger partial charge in [0.25, 0.3) is 0 Å². The highest BCUT2D eigenvalue weighted by Gasteiger charge is 2.30. The second-order valence-corrected chi connectivity index (χ2v) is 10.5. The van der Waals surface area contributed by atoms with Crippen LogP contribution in [0.1, 0.15) is 31.4 Å². The number of sulfonamides is 1. The molecule has 1 N–H and O–H groups in total. The van der Waals surface area contributed by atoms with Crippen molar-refractivity contribution >= 4 is 50.7 Å². The van der Waals surface area contributed by atoms with Crippen molar-refractivity contribution in [2.45, 2.75) is 39.8 Å². The fourth-order valence-electron chi connectivity index (χ4n) is 3.27. The predicted octanol–water partition coefficient (Wildman–Crippen LogP) is 4.01. The van der Waals surface area contributed by atoms with Crippen molar-refractivity contribution in [1.29, 1.82) is 0 Å². The van der Waals surface area contributed by atoms with E-state index in [-0.39, 0.29) is 12.5 Å². The Balaban J connectivity index is 2.42. The molecule has 33 heavy (non-hydrogen) atoms. The Kier molecular flexibility index (Phi) is 9.57. The number of hydrogen-bond acceptors (Lipinski definition) is 4. The van der Waals surface area contributed by atoms with E-state index in [2.05, 4.69) is 5.32 Å². The summed E-state index contributed by atoms with van der Waals surface area (Å²) in [6.45, 7) is 5.31. The number of halogens is 2. The number of amides is 2. The van der Waals surface area contributed by atoms with Crippen molar-refractivity contribution in [2.75, 3.05) is 23.7 Å². The molecule has 0 aliphatic heterocycles. The maximum absolute atomic E-state index is 13.5. The van der Waals surface area contributed by atoms with E-state index in [0.29, 0.717) is 27.8 Å². The summed E-state index contributed by atoms with van der Waals surface area (Å²) >= 11 is 12.3. The van der Waals surface area contributed by atoms with Crippen LogP contribution in [0, 0.1) is 6.92 Å². The second-order valence-electron chi connectivity index (χ2n) is 7.77. The average Bonchev–Trinajstić information content (AvgIpc) is 2.75. The van der Waals surface area contributed by atoms with Gasteiger partial charge in [-0.2, -0.15) is 0 Å². The topological polar surface area (TPSA) is 86.8 Å². The summed E-state index contributed by atoms with van der Waals surface area (Å²) < 4.78 is 26.2. The molecule has 1 unspecified atom stereocenters. The molecule has 0 saturated heterocycles. The van der Waals surface area contributed by atoms with Crippen LogP contribution in [0.2, 0.25) is 10.0 Å². The minimum atomic E-state index is -3.82. The lowest BCUT2D eigenvalue weighted by Gasteiger charge is -2.32. The van der Waals surface area contributed by atoms with E-state index in [1.165, 1.54) is 4.90 Å². The summed E-state index contributed by atoms with van der Waals surface area (Å²) in [7, 11) is -3.82. The van der Waals surface area contributed by atoms with E-state index in [0.717, 1.165) is 22.5 Å². The number of nitrogens with zero attached hydrogens (tertiary/aromatic N) is 2. The van der Waals surface area contributed by atoms with Crippen LogP contribution in [0.4, 0.5) is 5.69 Å². The van der Waals surface area contributed by atoms with Crippen LogP contribution in [0.3, 0.4) is 0 Å². The number of carbonyl (C=O) groups is 2. The van der Waals surface area contributed by atoms with Gasteiger partial charge in [0, 0.05) is 23.1 Å². The molecule has 0 bridgehead atoms. The van der Waals surface area contributed by atoms with Crippen LogP contribution < -0.4 is 9.62 Å². The molecule has 1 atom stereocenters. The third kappa shape index (κ3) is 7.35. The highest BCUT2D eigenvalue weighted by molar-refractivity contribution is 7.92. The molecule has 0 aliphatic carbocycles. The first-order valence-electron chi connectivity index (χ1n) is 10.5. The van der Waals surface area contributed by atoms with E-state index in [1.54, 1.807) is 56.3 Å². The maximum atomic E-state index is 13.5. The van der Waals surface area contributed by atoms with Crippen molar-refractivity contribution in [2.24, 2.45) is 0 Å². The van der Waals surface area contributed by atoms with Crippen LogP contribution in [0.5, 0.6) is 0 Å². The first kappa shape index (κ1) is 27.0. The van der Waals surface area contributed by atoms with Crippen LogP contribution in [0.25, 0.3) is 0 Å². The van der Waals surface area contributed by atoms with E-state index in [1.807, 2.05) is 6.92 Å². The molecule has 0 fully saturated rings. The Morgan fingerprint density at radius 2 is 1.79 bits per heavy atom. The lowest BCUT2D eigenvalue weighted by atomic mass is 10.1. The van der Waals surface area contributed by atoms with E-state index in [9.17, 15) is 18.0 Å². The molecule has 0 aromatic heterocycles. The number of rotatable bonds is 10. The first-order chi connectivity index (χ1) is 15.5. The van der Waals surface area contributed by atoms with Gasteiger partial charge in [0.05, 0.1) is 11.9 Å². The van der Waals surface area contributed by atoms with Crippen molar-refractivity contribution in [1.82, 2.24) is 10.2 Å². The Labute approximate surface area is 205 Å². The summed E-state index contributed by atoms with van der Waals surface area (Å²) in [5.41, 5.74) is 1.56. The molecule has 180 valence electrons. The molecule has 7 nitrogen and oxygen atoms in total. The van der Waals surface area contributed by atoms with Crippen LogP contribution in [-0.4, -0.2) is 50.5 Å². The molecule has 2 aromatic carbocycles. The van der Waals surface area contributed by atoms with Gasteiger partial charge in [0.15, 0.2) is 0 Å². The quantitative estimate of drug-likeness (QED) is 0.519. The van der Waals surface area contributed by atoms with E-state index in [4.69, 9.17) is 23.2 Å². The predicted molar refractivity (Wildman–Crippen MR) is 133 cm³/mol. The Morgan fingerprint density at radius 1 is 1.12 bits per heavy atom. The van der Waals surface area contributed by atoms with Crippen LogP contribution in [0.15, 0.2) is 42.5 Å². The Bertz CT molecular complexity index is 1110. The van der Waals surface area contributed by atoms with Gasteiger partial charge < -0.3 is 10.2 Å². The minimum absolute atomic E-state index is 0.0895. The fourth-order valence-corrected chi connectivity index (χ4v) is 4.55. The molecule has 2 rings (SSSR count). The maximum Gasteiger partial charge on any atom is 0.244 e. The van der Waals surface area contributed by atoms with Gasteiger partial charge in [-0.1, -0.05) is 48.3 Å². The smallest absolute Gasteiger partial charge is 0.244 e. The summed E-state index contributed by atoms with van der Waals surface area (Å²) in [6, 6.07) is 11.0. The molecule has 0 aliphatic rings. The molecule has 10 heteroatoms. The Morgan fingerprint density at radius 3 is 2.39 bits per heavy atom. The van der Waals surface area contributed by atoms with Gasteiger partial charge in [-0.15, -0.1) is 0 Å². The number of anilines is 1. The number of nitrogens with one attached hydrogen (secondary N) is 1. The number of carbonyl (C=O) groups excluding carboxylic acids is 2. The number of benzene rings is 2. The van der Waals surface area contributed by atoms with Gasteiger partial charge in [-0.3, -0.25) is 13.9 Å². The average molecular weight is 514 g/mol. The normalized spacial score (nSPS) is 12.2. The van der Waals surface area contributed by atoms with Gasteiger partial charge >= 0.3 is 0 Å². The van der Waals surface area contributed by atoms with Crippen LogP contribution >= 0.6 is 23.2 Å². The van der Waals surface area contributed by atoms with Gasteiger partial charge in [0.1, 0.15) is 12.6 Å². The largest absolute Gasteiger partial charge is 0.354 e. The van der Waals surface area contributed by atoms with Crippen molar-refractivity contribution in [3.05, 3.63) is 63.6 Å². The summed E-state index contributed by atoms with van der Waals surface area (Å²) in [5.74, 6) is -0.851. The molecule has 0 saturated carbocycles. The fraction of sp³-hybridized carbons (Fsp3) is 0.391. The zero-order chi connectivity index (χ0) is 24.8. The zero-order valence-electron chi connectivity index (χ0n) is 19.1. The lowest BCUT2D eigenvalue weighted by molar-refractivity contribution is -0.139. The molecule has 0 spiro atoms. The minimum Gasteiger partial charge on any atom is -0.354 e. The third-order valence-electron chi connectivity index (χ3n) is 5.15. The molecule has 2 amide bonds. The van der Waals surface area contributed by atoms with E-state index >= 15 is 0 Å². The molecular formula is C23H29Cl2N3O4S. The highest BCUT2D eigenvalue weighted by Crippen LogP contribution is 2.28. The van der Waals surface area contributed by atoms with Crippen molar-refractivity contribution in [3.8, 4) is 0 Å². The standard InChI is InChI=1S/C23H29Cl2N3O4S/c1-5-12-26-23(30)17(3)27(14-18-8-6-9-19(24)13-18)22(29)15-28(33(4,31)32)21-11-7-10-20(25)16(21)2/h6-11,13,17H,5,12,14-15H2,1-4H3,(H,26,30).